The molecule has 0 saturated carbocycles. The molecule has 0 aliphatic heterocycles. The van der Waals surface area contributed by atoms with Crippen molar-refractivity contribution in [1.29, 1.82) is 0 Å². The monoisotopic (exact) mass is 154 g/mol. The summed E-state index contributed by atoms with van der Waals surface area (Å²) in [6, 6.07) is 0. The summed E-state index contributed by atoms with van der Waals surface area (Å²) in [7, 11) is 0. The van der Waals surface area contributed by atoms with Crippen LogP contribution in [0, 0.1) is 0 Å². The topological polar surface area (TPSA) is 80.3 Å². The summed E-state index contributed by atoms with van der Waals surface area (Å²) in [6.45, 7) is 0. The maximum absolute atomic E-state index is 9.54. The zero-order valence-corrected chi connectivity index (χ0v) is 5.24. The van der Waals surface area contributed by atoms with Crippen LogP contribution in [0.3, 0.4) is 0 Å². The lowest BCUT2D eigenvalue weighted by atomic mass is 11.3. The number of hydrogen-bond acceptors (Lipinski definition) is 4. The van der Waals surface area contributed by atoms with Gasteiger partial charge in [-0.1, -0.05) is 0 Å². The van der Waals surface area contributed by atoms with Crippen LogP contribution in [-0.4, -0.2) is 17.5 Å². The molecule has 0 aliphatic rings. The summed E-state index contributed by atoms with van der Waals surface area (Å²) in [5.41, 5.74) is 0. The van der Waals surface area contributed by atoms with E-state index in [0.717, 1.165) is 0 Å². The molecule has 0 amide bonds. The fourth-order valence-electron chi connectivity index (χ4n) is 0.0907. The van der Waals surface area contributed by atoms with Gasteiger partial charge in [-0.2, -0.15) is 0 Å². The second-order valence-corrected chi connectivity index (χ2v) is 2.38. The van der Waals surface area contributed by atoms with E-state index in [0.29, 0.717) is 10.8 Å². The van der Waals surface area contributed by atoms with E-state index in [4.69, 9.17) is 0 Å². The molecule has 0 fully saturated rings. The lowest BCUT2D eigenvalue weighted by Gasteiger charge is -1.96. The molecule has 0 aromatic carbocycles. The van der Waals surface area contributed by atoms with E-state index in [-0.39, 0.29) is 0 Å². The fourth-order valence-corrected chi connectivity index (χ4v) is 0.816. The highest BCUT2D eigenvalue weighted by Gasteiger charge is 1.67. The third kappa shape index (κ3) is 5.96. The van der Waals surface area contributed by atoms with Crippen molar-refractivity contribution in [2.24, 2.45) is 0 Å². The SMILES string of the molecule is O=S([O-])/C=C/S(=O)[O-]. The molecule has 6 heteroatoms. The Kier molecular flexibility index (Phi) is 3.88. The maximum atomic E-state index is 9.54. The summed E-state index contributed by atoms with van der Waals surface area (Å²) < 4.78 is 38.2. The van der Waals surface area contributed by atoms with Crippen LogP contribution in [0.2, 0.25) is 0 Å². The lowest BCUT2D eigenvalue weighted by molar-refractivity contribution is 0.542. The van der Waals surface area contributed by atoms with E-state index >= 15 is 0 Å². The van der Waals surface area contributed by atoms with Crippen LogP contribution in [0.25, 0.3) is 0 Å². The largest absolute Gasteiger partial charge is 0.769 e. The van der Waals surface area contributed by atoms with Crippen molar-refractivity contribution in [3.63, 3.8) is 0 Å². The zero-order chi connectivity index (χ0) is 6.57. The van der Waals surface area contributed by atoms with Crippen LogP contribution >= 0.6 is 0 Å². The van der Waals surface area contributed by atoms with Gasteiger partial charge in [0.15, 0.2) is 0 Å². The molecule has 0 bridgehead atoms. The van der Waals surface area contributed by atoms with Crippen molar-refractivity contribution in [2.45, 2.75) is 0 Å². The molecule has 0 rings (SSSR count). The molecule has 0 heterocycles. The molecule has 2 atom stereocenters. The molecule has 48 valence electrons. The van der Waals surface area contributed by atoms with Gasteiger partial charge in [0.05, 0.1) is 0 Å². The summed E-state index contributed by atoms with van der Waals surface area (Å²) in [6.07, 6.45) is 0. The van der Waals surface area contributed by atoms with E-state index in [1.807, 2.05) is 0 Å². The first-order valence-corrected chi connectivity index (χ1v) is 3.75. The van der Waals surface area contributed by atoms with Gasteiger partial charge in [0.1, 0.15) is 0 Å². The molecule has 2 unspecified atom stereocenters. The molecular formula is C2H2O4S2-2. The van der Waals surface area contributed by atoms with Crippen molar-refractivity contribution in [3.05, 3.63) is 10.8 Å². The Morgan fingerprint density at radius 1 is 1.00 bits per heavy atom. The van der Waals surface area contributed by atoms with E-state index in [2.05, 4.69) is 0 Å². The average Bonchev–Trinajstić information content (AvgIpc) is 1.61. The van der Waals surface area contributed by atoms with Crippen molar-refractivity contribution in [3.8, 4) is 0 Å². The van der Waals surface area contributed by atoms with E-state index in [1.54, 1.807) is 0 Å². The van der Waals surface area contributed by atoms with Gasteiger partial charge in [-0.05, 0) is 33.0 Å². The van der Waals surface area contributed by atoms with Gasteiger partial charge < -0.3 is 9.11 Å². The normalized spacial score (nSPS) is 18.8. The highest BCUT2D eigenvalue weighted by molar-refractivity contribution is 7.85. The van der Waals surface area contributed by atoms with Gasteiger partial charge in [0, 0.05) is 0 Å². The highest BCUT2D eigenvalue weighted by atomic mass is 32.2. The number of rotatable bonds is 2. The third-order valence-electron chi connectivity index (χ3n) is 0.278. The Morgan fingerprint density at radius 3 is 1.38 bits per heavy atom. The first kappa shape index (κ1) is 7.96. The fraction of sp³-hybridized carbons (Fsp3) is 0. The molecule has 0 aromatic heterocycles. The van der Waals surface area contributed by atoms with Gasteiger partial charge in [0.25, 0.3) is 0 Å². The smallest absolute Gasteiger partial charge is 0.00381 e. The summed E-state index contributed by atoms with van der Waals surface area (Å²) in [5.74, 6) is 0. The molecule has 0 radical (unpaired) electrons. The minimum atomic E-state index is -2.41. The Hall–Kier alpha value is -0.0400. The average molecular weight is 154 g/mol. The van der Waals surface area contributed by atoms with Gasteiger partial charge in [-0.15, -0.1) is 0 Å². The van der Waals surface area contributed by atoms with Crippen molar-refractivity contribution in [2.75, 3.05) is 0 Å². The minimum absolute atomic E-state index is 0.545. The Balaban J connectivity index is 3.67. The minimum Gasteiger partial charge on any atom is -0.769 e. The predicted molar refractivity (Wildman–Crippen MR) is 27.0 cm³/mol. The number of hydrogen-bond donors (Lipinski definition) is 0. The van der Waals surface area contributed by atoms with Crippen LogP contribution in [0.5, 0.6) is 0 Å². The van der Waals surface area contributed by atoms with Crippen LogP contribution < -0.4 is 0 Å². The summed E-state index contributed by atoms with van der Waals surface area (Å²) in [5, 5.41) is 1.09. The zero-order valence-electron chi connectivity index (χ0n) is 3.60. The molecule has 0 saturated heterocycles. The first-order chi connectivity index (χ1) is 3.63. The van der Waals surface area contributed by atoms with Crippen molar-refractivity contribution < 1.29 is 17.5 Å². The lowest BCUT2D eigenvalue weighted by Crippen LogP contribution is -1.81. The van der Waals surface area contributed by atoms with Crippen LogP contribution in [0.1, 0.15) is 0 Å². The maximum Gasteiger partial charge on any atom is -0.00381 e. The highest BCUT2D eigenvalue weighted by Crippen LogP contribution is 1.79. The van der Waals surface area contributed by atoms with Gasteiger partial charge in [-0.25, -0.2) is 0 Å². The Bertz CT molecular complexity index is 123. The molecule has 0 aromatic rings. The Morgan fingerprint density at radius 2 is 1.25 bits per heavy atom. The van der Waals surface area contributed by atoms with Crippen molar-refractivity contribution >= 4 is 22.2 Å². The van der Waals surface area contributed by atoms with E-state index in [1.165, 1.54) is 0 Å². The standard InChI is InChI=1S/C2H4O4S2/c3-7(4)1-2-8(5)6/h1-2H,(H,3,4)(H,5,6)/p-2/b2-1+. The van der Waals surface area contributed by atoms with Gasteiger partial charge in [-0.3, -0.25) is 8.42 Å². The van der Waals surface area contributed by atoms with Crippen LogP contribution in [-0.2, 0) is 22.2 Å². The summed E-state index contributed by atoms with van der Waals surface area (Å²) >= 11 is -4.82. The summed E-state index contributed by atoms with van der Waals surface area (Å²) in [4.78, 5) is 0. The van der Waals surface area contributed by atoms with E-state index in [9.17, 15) is 17.5 Å². The molecule has 4 nitrogen and oxygen atoms in total. The molecule has 0 spiro atoms. The molecule has 0 aliphatic carbocycles. The second-order valence-electron chi connectivity index (χ2n) is 0.793. The third-order valence-corrected chi connectivity index (χ3v) is 1.17. The second kappa shape index (κ2) is 3.90. The molecule has 8 heavy (non-hydrogen) atoms. The van der Waals surface area contributed by atoms with Gasteiger partial charge in [0.2, 0.25) is 0 Å². The van der Waals surface area contributed by atoms with Crippen molar-refractivity contribution in [1.82, 2.24) is 0 Å². The predicted octanol–water partition coefficient (Wildman–Crippen LogP) is -0.784. The Labute approximate surface area is 51.2 Å². The van der Waals surface area contributed by atoms with Crippen LogP contribution in [0.15, 0.2) is 10.8 Å². The van der Waals surface area contributed by atoms with Crippen LogP contribution in [0.4, 0.5) is 0 Å². The first-order valence-electron chi connectivity index (χ1n) is 1.47. The molecule has 0 N–H and O–H groups in total. The van der Waals surface area contributed by atoms with E-state index < -0.39 is 22.2 Å². The quantitative estimate of drug-likeness (QED) is 0.488. The molecular weight excluding hydrogens is 152 g/mol. The van der Waals surface area contributed by atoms with Gasteiger partial charge >= 0.3 is 0 Å².